The fraction of sp³-hybridized carbons (Fsp3) is 0.923. The highest BCUT2D eigenvalue weighted by molar-refractivity contribution is 5.85. The molecule has 1 saturated heterocycles. The van der Waals surface area contributed by atoms with Crippen molar-refractivity contribution in [1.82, 2.24) is 10.6 Å². The van der Waals surface area contributed by atoms with Gasteiger partial charge in [0.2, 0.25) is 5.91 Å². The van der Waals surface area contributed by atoms with Gasteiger partial charge in [-0.3, -0.25) is 4.79 Å². The van der Waals surface area contributed by atoms with E-state index >= 15 is 0 Å². The van der Waals surface area contributed by atoms with Crippen LogP contribution in [0.15, 0.2) is 0 Å². The summed E-state index contributed by atoms with van der Waals surface area (Å²) in [5.41, 5.74) is 0. The SMILES string of the molecule is Cl.O=C(CCC1CCCN1)NC1CCCCC1. The quantitative estimate of drug-likeness (QED) is 0.815. The van der Waals surface area contributed by atoms with Gasteiger partial charge in [-0.05, 0) is 38.6 Å². The molecule has 17 heavy (non-hydrogen) atoms. The standard InChI is InChI=1S/C13H24N2O.ClH/c16-13(9-8-11-7-4-10-14-11)15-12-5-2-1-3-6-12;/h11-12,14H,1-10H2,(H,15,16);1H. The molecule has 0 aromatic rings. The number of carbonyl (C=O) groups excluding carboxylic acids is 1. The van der Waals surface area contributed by atoms with Gasteiger partial charge in [0.15, 0.2) is 0 Å². The van der Waals surface area contributed by atoms with E-state index in [1.165, 1.54) is 44.9 Å². The predicted molar refractivity (Wildman–Crippen MR) is 72.5 cm³/mol. The van der Waals surface area contributed by atoms with Crippen LogP contribution in [-0.2, 0) is 4.79 Å². The zero-order valence-electron chi connectivity index (χ0n) is 10.5. The zero-order chi connectivity index (χ0) is 11.2. The minimum Gasteiger partial charge on any atom is -0.353 e. The van der Waals surface area contributed by atoms with Crippen molar-refractivity contribution in [3.05, 3.63) is 0 Å². The van der Waals surface area contributed by atoms with Crippen LogP contribution >= 0.6 is 12.4 Å². The summed E-state index contributed by atoms with van der Waals surface area (Å²) in [6.45, 7) is 1.13. The van der Waals surface area contributed by atoms with Crippen LogP contribution in [0.3, 0.4) is 0 Å². The lowest BCUT2D eigenvalue weighted by Crippen LogP contribution is -2.36. The van der Waals surface area contributed by atoms with E-state index in [1.807, 2.05) is 0 Å². The lowest BCUT2D eigenvalue weighted by Gasteiger charge is -2.23. The molecule has 1 atom stereocenters. The van der Waals surface area contributed by atoms with Crippen LogP contribution in [0.2, 0.25) is 0 Å². The van der Waals surface area contributed by atoms with E-state index in [4.69, 9.17) is 0 Å². The molecule has 1 aliphatic heterocycles. The maximum atomic E-state index is 11.7. The first-order chi connectivity index (χ1) is 7.84. The Kier molecular flexibility index (Phi) is 6.90. The fourth-order valence-corrected chi connectivity index (χ4v) is 2.86. The number of halogens is 1. The monoisotopic (exact) mass is 260 g/mol. The highest BCUT2D eigenvalue weighted by atomic mass is 35.5. The Morgan fingerprint density at radius 1 is 1.12 bits per heavy atom. The number of carbonyl (C=O) groups is 1. The Labute approximate surface area is 111 Å². The smallest absolute Gasteiger partial charge is 0.220 e. The highest BCUT2D eigenvalue weighted by Crippen LogP contribution is 2.17. The topological polar surface area (TPSA) is 41.1 Å². The van der Waals surface area contributed by atoms with Crippen LogP contribution in [0.25, 0.3) is 0 Å². The second-order valence-electron chi connectivity index (χ2n) is 5.23. The second kappa shape index (κ2) is 7.93. The third kappa shape index (κ3) is 5.26. The first kappa shape index (κ1) is 14.8. The Balaban J connectivity index is 0.00000144. The largest absolute Gasteiger partial charge is 0.353 e. The van der Waals surface area contributed by atoms with Crippen molar-refractivity contribution in [2.75, 3.05) is 6.54 Å². The van der Waals surface area contributed by atoms with Gasteiger partial charge in [0.05, 0.1) is 0 Å². The molecule has 2 N–H and O–H groups in total. The molecule has 4 heteroatoms. The third-order valence-corrected chi connectivity index (χ3v) is 3.85. The Morgan fingerprint density at radius 2 is 1.88 bits per heavy atom. The summed E-state index contributed by atoms with van der Waals surface area (Å²) in [4.78, 5) is 11.7. The zero-order valence-corrected chi connectivity index (χ0v) is 11.4. The molecule has 0 bridgehead atoms. The average Bonchev–Trinajstić information content (AvgIpc) is 2.81. The lowest BCUT2D eigenvalue weighted by molar-refractivity contribution is -0.122. The van der Waals surface area contributed by atoms with Gasteiger partial charge in [-0.2, -0.15) is 0 Å². The summed E-state index contributed by atoms with van der Waals surface area (Å²) in [7, 11) is 0. The van der Waals surface area contributed by atoms with Crippen LogP contribution in [-0.4, -0.2) is 24.5 Å². The van der Waals surface area contributed by atoms with E-state index in [-0.39, 0.29) is 18.3 Å². The van der Waals surface area contributed by atoms with Gasteiger partial charge in [0.25, 0.3) is 0 Å². The fourth-order valence-electron chi connectivity index (χ4n) is 2.86. The van der Waals surface area contributed by atoms with Crippen LogP contribution < -0.4 is 10.6 Å². The first-order valence-corrected chi connectivity index (χ1v) is 6.87. The summed E-state index contributed by atoms with van der Waals surface area (Å²) in [5, 5.41) is 6.61. The van der Waals surface area contributed by atoms with Crippen LogP contribution in [0.1, 0.15) is 57.8 Å². The molecule has 2 rings (SSSR count). The number of hydrogen-bond donors (Lipinski definition) is 2. The van der Waals surface area contributed by atoms with Gasteiger partial charge in [-0.15, -0.1) is 12.4 Å². The minimum absolute atomic E-state index is 0. The molecular weight excluding hydrogens is 236 g/mol. The van der Waals surface area contributed by atoms with Gasteiger partial charge in [0, 0.05) is 18.5 Å². The van der Waals surface area contributed by atoms with Crippen molar-refractivity contribution in [3.8, 4) is 0 Å². The molecule has 0 spiro atoms. The summed E-state index contributed by atoms with van der Waals surface area (Å²) in [5.74, 6) is 0.264. The summed E-state index contributed by atoms with van der Waals surface area (Å²) < 4.78 is 0. The van der Waals surface area contributed by atoms with Crippen molar-refractivity contribution in [2.24, 2.45) is 0 Å². The van der Waals surface area contributed by atoms with E-state index < -0.39 is 0 Å². The van der Waals surface area contributed by atoms with Gasteiger partial charge in [0.1, 0.15) is 0 Å². The maximum absolute atomic E-state index is 11.7. The number of amides is 1. The predicted octanol–water partition coefficient (Wildman–Crippen LogP) is 2.39. The molecule has 0 aromatic heterocycles. The first-order valence-electron chi connectivity index (χ1n) is 6.87. The molecule has 1 aliphatic carbocycles. The molecule has 1 heterocycles. The molecule has 2 aliphatic rings. The van der Waals surface area contributed by atoms with Gasteiger partial charge in [-0.1, -0.05) is 19.3 Å². The van der Waals surface area contributed by atoms with Crippen molar-refractivity contribution in [2.45, 2.75) is 69.9 Å². The van der Waals surface area contributed by atoms with Crippen LogP contribution in [0.5, 0.6) is 0 Å². The van der Waals surface area contributed by atoms with Crippen LogP contribution in [0, 0.1) is 0 Å². The van der Waals surface area contributed by atoms with E-state index in [0.29, 0.717) is 18.5 Å². The third-order valence-electron chi connectivity index (χ3n) is 3.85. The second-order valence-corrected chi connectivity index (χ2v) is 5.23. The van der Waals surface area contributed by atoms with E-state index in [0.717, 1.165) is 13.0 Å². The summed E-state index contributed by atoms with van der Waals surface area (Å²) in [6.07, 6.45) is 10.5. The van der Waals surface area contributed by atoms with E-state index in [1.54, 1.807) is 0 Å². The van der Waals surface area contributed by atoms with Gasteiger partial charge < -0.3 is 10.6 Å². The van der Waals surface area contributed by atoms with Crippen molar-refractivity contribution in [1.29, 1.82) is 0 Å². The molecule has 3 nitrogen and oxygen atoms in total. The number of hydrogen-bond acceptors (Lipinski definition) is 2. The minimum atomic E-state index is 0. The number of rotatable bonds is 4. The average molecular weight is 261 g/mol. The van der Waals surface area contributed by atoms with Crippen molar-refractivity contribution in [3.63, 3.8) is 0 Å². The van der Waals surface area contributed by atoms with Gasteiger partial charge >= 0.3 is 0 Å². The molecule has 2 fully saturated rings. The maximum Gasteiger partial charge on any atom is 0.220 e. The van der Waals surface area contributed by atoms with E-state index in [2.05, 4.69) is 10.6 Å². The number of nitrogens with one attached hydrogen (secondary N) is 2. The Bertz CT molecular complexity index is 223. The summed E-state index contributed by atoms with van der Waals surface area (Å²) >= 11 is 0. The lowest BCUT2D eigenvalue weighted by atomic mass is 9.95. The van der Waals surface area contributed by atoms with Gasteiger partial charge in [-0.25, -0.2) is 0 Å². The molecule has 1 unspecified atom stereocenters. The van der Waals surface area contributed by atoms with Crippen LogP contribution in [0.4, 0.5) is 0 Å². The Hall–Kier alpha value is -0.280. The molecule has 0 radical (unpaired) electrons. The molecule has 1 saturated carbocycles. The normalized spacial score (nSPS) is 25.3. The molecule has 1 amide bonds. The van der Waals surface area contributed by atoms with E-state index in [9.17, 15) is 4.79 Å². The summed E-state index contributed by atoms with van der Waals surface area (Å²) in [6, 6.07) is 1.06. The highest BCUT2D eigenvalue weighted by Gasteiger charge is 2.18. The molecule has 100 valence electrons. The van der Waals surface area contributed by atoms with Crippen molar-refractivity contribution >= 4 is 18.3 Å². The molecular formula is C13H25ClN2O. The Morgan fingerprint density at radius 3 is 2.53 bits per heavy atom. The van der Waals surface area contributed by atoms with Crippen molar-refractivity contribution < 1.29 is 4.79 Å². The molecule has 0 aromatic carbocycles.